The fraction of sp³-hybridized carbons (Fsp3) is 0.684. The number of hydrogen-bond acceptors (Lipinski definition) is 4. The summed E-state index contributed by atoms with van der Waals surface area (Å²) >= 11 is 0. The molecule has 1 aliphatic heterocycles. The molecule has 1 aromatic heterocycles. The number of aromatic nitrogens is 1. The summed E-state index contributed by atoms with van der Waals surface area (Å²) in [6, 6.07) is 3.20. The van der Waals surface area contributed by atoms with Crippen LogP contribution in [-0.4, -0.2) is 30.7 Å². The number of pyridine rings is 1. The third kappa shape index (κ3) is 3.29. The van der Waals surface area contributed by atoms with Gasteiger partial charge in [0.15, 0.2) is 0 Å². The van der Waals surface area contributed by atoms with Crippen molar-refractivity contribution in [3.05, 3.63) is 23.9 Å². The van der Waals surface area contributed by atoms with Crippen LogP contribution in [0.15, 0.2) is 18.3 Å². The average Bonchev–Trinajstić information content (AvgIpc) is 3.27. The summed E-state index contributed by atoms with van der Waals surface area (Å²) in [5.74, 6) is 0.0806. The van der Waals surface area contributed by atoms with E-state index in [0.717, 1.165) is 25.7 Å². The van der Waals surface area contributed by atoms with E-state index in [2.05, 4.69) is 15.0 Å². The second kappa shape index (κ2) is 6.76. The first-order valence-corrected chi connectivity index (χ1v) is 9.36. The zero-order valence-corrected chi connectivity index (χ0v) is 14.7. The molecule has 1 unspecified atom stereocenters. The highest BCUT2D eigenvalue weighted by atomic mass is 19.3. The molecule has 2 saturated carbocycles. The van der Waals surface area contributed by atoms with Gasteiger partial charge in [-0.25, -0.2) is 4.98 Å². The SMILES string of the molecule is O=C(NCC1(c2ccnc(OC(F)F)c2)CCO1)[C@H]1CC12CCCCC2. The Bertz CT molecular complexity index is 673. The number of rotatable bonds is 6. The molecule has 7 heteroatoms. The van der Waals surface area contributed by atoms with Crippen LogP contribution >= 0.6 is 0 Å². The first kappa shape index (κ1) is 17.6. The van der Waals surface area contributed by atoms with Gasteiger partial charge in [0.2, 0.25) is 11.8 Å². The van der Waals surface area contributed by atoms with E-state index < -0.39 is 12.2 Å². The summed E-state index contributed by atoms with van der Waals surface area (Å²) in [7, 11) is 0. The third-order valence-corrected chi connectivity index (χ3v) is 6.26. The molecule has 2 heterocycles. The lowest BCUT2D eigenvalue weighted by molar-refractivity contribution is -0.156. The van der Waals surface area contributed by atoms with E-state index in [1.807, 2.05) is 0 Å². The largest absolute Gasteiger partial charge is 0.417 e. The highest BCUT2D eigenvalue weighted by Crippen LogP contribution is 2.61. The van der Waals surface area contributed by atoms with Crippen molar-refractivity contribution < 1.29 is 23.0 Å². The van der Waals surface area contributed by atoms with E-state index in [-0.39, 0.29) is 23.1 Å². The van der Waals surface area contributed by atoms with Gasteiger partial charge in [-0.05, 0) is 36.3 Å². The molecule has 1 aromatic rings. The molecule has 26 heavy (non-hydrogen) atoms. The Hall–Kier alpha value is -1.76. The topological polar surface area (TPSA) is 60.5 Å². The summed E-state index contributed by atoms with van der Waals surface area (Å²) in [5.41, 5.74) is 0.274. The smallest absolute Gasteiger partial charge is 0.388 e. The van der Waals surface area contributed by atoms with Crippen LogP contribution in [0.4, 0.5) is 8.78 Å². The van der Waals surface area contributed by atoms with Crippen LogP contribution in [-0.2, 0) is 15.1 Å². The molecule has 0 bridgehead atoms. The second-order valence-corrected chi connectivity index (χ2v) is 7.75. The maximum Gasteiger partial charge on any atom is 0.388 e. The van der Waals surface area contributed by atoms with Gasteiger partial charge in [0, 0.05) is 24.6 Å². The lowest BCUT2D eigenvalue weighted by atomic mass is 9.84. The molecule has 2 aliphatic carbocycles. The van der Waals surface area contributed by atoms with Crippen LogP contribution in [0.1, 0.15) is 50.5 Å². The fourth-order valence-electron chi connectivity index (χ4n) is 4.55. The predicted octanol–water partition coefficient (Wildman–Crippen LogP) is 3.39. The Morgan fingerprint density at radius 3 is 2.77 bits per heavy atom. The lowest BCUT2D eigenvalue weighted by Gasteiger charge is -2.42. The molecule has 0 radical (unpaired) electrons. The van der Waals surface area contributed by atoms with Gasteiger partial charge in [-0.3, -0.25) is 4.79 Å². The monoisotopic (exact) mass is 366 g/mol. The standard InChI is InChI=1S/C19H24F2N2O3/c20-17(21)26-15-10-13(4-8-22-15)19(7-9-25-19)12-23-16(24)14-11-18(14)5-2-1-3-6-18/h4,8,10,14,17H,1-3,5-7,9,11-12H2,(H,23,24)/t14-,19?/m1/s1. The molecule has 2 atom stereocenters. The minimum absolute atomic E-state index is 0.0971. The molecular weight excluding hydrogens is 342 g/mol. The van der Waals surface area contributed by atoms with Gasteiger partial charge in [0.25, 0.3) is 0 Å². The number of halogens is 2. The van der Waals surface area contributed by atoms with Gasteiger partial charge in [-0.15, -0.1) is 0 Å². The number of alkyl halides is 2. The Balaban J connectivity index is 1.39. The molecule has 0 aromatic carbocycles. The highest BCUT2D eigenvalue weighted by Gasteiger charge is 2.57. The number of amides is 1. The number of hydrogen-bond donors (Lipinski definition) is 1. The summed E-state index contributed by atoms with van der Waals surface area (Å²) in [5, 5.41) is 3.04. The Morgan fingerprint density at radius 1 is 1.35 bits per heavy atom. The normalized spacial score (nSPS) is 29.3. The zero-order chi connectivity index (χ0) is 18.2. The predicted molar refractivity (Wildman–Crippen MR) is 89.8 cm³/mol. The van der Waals surface area contributed by atoms with Crippen LogP contribution in [0.25, 0.3) is 0 Å². The highest BCUT2D eigenvalue weighted by molar-refractivity contribution is 5.82. The molecule has 1 saturated heterocycles. The molecule has 4 rings (SSSR count). The summed E-state index contributed by atoms with van der Waals surface area (Å²) in [4.78, 5) is 16.4. The van der Waals surface area contributed by atoms with Crippen LogP contribution < -0.4 is 10.1 Å². The van der Waals surface area contributed by atoms with Crippen LogP contribution in [0.3, 0.4) is 0 Å². The quantitative estimate of drug-likeness (QED) is 0.838. The van der Waals surface area contributed by atoms with E-state index in [4.69, 9.17) is 4.74 Å². The zero-order valence-electron chi connectivity index (χ0n) is 14.7. The van der Waals surface area contributed by atoms with Crippen molar-refractivity contribution in [2.75, 3.05) is 13.2 Å². The van der Waals surface area contributed by atoms with E-state index in [1.165, 1.54) is 31.5 Å². The third-order valence-electron chi connectivity index (χ3n) is 6.26. The molecular formula is C19H24F2N2O3. The molecule has 3 aliphatic rings. The fourth-order valence-corrected chi connectivity index (χ4v) is 4.55. The van der Waals surface area contributed by atoms with Gasteiger partial charge < -0.3 is 14.8 Å². The van der Waals surface area contributed by atoms with E-state index in [1.54, 1.807) is 6.07 Å². The maximum atomic E-state index is 12.6. The number of carbonyl (C=O) groups is 1. The van der Waals surface area contributed by atoms with Gasteiger partial charge in [0.1, 0.15) is 5.60 Å². The Morgan fingerprint density at radius 2 is 2.12 bits per heavy atom. The van der Waals surface area contributed by atoms with Crippen molar-refractivity contribution in [1.82, 2.24) is 10.3 Å². The van der Waals surface area contributed by atoms with Crippen molar-refractivity contribution in [3.63, 3.8) is 0 Å². The molecule has 3 fully saturated rings. The minimum atomic E-state index is -2.92. The van der Waals surface area contributed by atoms with Gasteiger partial charge in [-0.2, -0.15) is 8.78 Å². The van der Waals surface area contributed by atoms with Crippen LogP contribution in [0.2, 0.25) is 0 Å². The van der Waals surface area contributed by atoms with E-state index in [9.17, 15) is 13.6 Å². The molecule has 1 amide bonds. The first-order valence-electron chi connectivity index (χ1n) is 9.36. The summed E-state index contributed by atoms with van der Waals surface area (Å²) in [6.45, 7) is -2.00. The van der Waals surface area contributed by atoms with Gasteiger partial charge in [-0.1, -0.05) is 19.3 Å². The number of ether oxygens (including phenoxy) is 2. The van der Waals surface area contributed by atoms with Gasteiger partial charge >= 0.3 is 6.61 Å². The molecule has 1 N–H and O–H groups in total. The number of nitrogens with one attached hydrogen (secondary N) is 1. The van der Waals surface area contributed by atoms with E-state index in [0.29, 0.717) is 18.7 Å². The Labute approximate surface area is 151 Å². The van der Waals surface area contributed by atoms with Crippen molar-refractivity contribution in [2.24, 2.45) is 11.3 Å². The average molecular weight is 366 g/mol. The van der Waals surface area contributed by atoms with E-state index >= 15 is 0 Å². The van der Waals surface area contributed by atoms with Crippen LogP contribution in [0.5, 0.6) is 5.88 Å². The minimum Gasteiger partial charge on any atom is -0.417 e. The summed E-state index contributed by atoms with van der Waals surface area (Å²) < 4.78 is 35.0. The second-order valence-electron chi connectivity index (χ2n) is 7.75. The van der Waals surface area contributed by atoms with Crippen LogP contribution in [0, 0.1) is 11.3 Å². The molecule has 1 spiro atoms. The molecule has 5 nitrogen and oxygen atoms in total. The molecule has 142 valence electrons. The number of carbonyl (C=O) groups excluding carboxylic acids is 1. The maximum absolute atomic E-state index is 12.6. The number of nitrogens with zero attached hydrogens (tertiary/aromatic N) is 1. The van der Waals surface area contributed by atoms with Gasteiger partial charge in [0.05, 0.1) is 13.2 Å². The lowest BCUT2D eigenvalue weighted by Crippen LogP contribution is -2.50. The van der Waals surface area contributed by atoms with Crippen molar-refractivity contribution in [3.8, 4) is 5.88 Å². The van der Waals surface area contributed by atoms with Crippen molar-refractivity contribution >= 4 is 5.91 Å². The van der Waals surface area contributed by atoms with Crippen molar-refractivity contribution in [1.29, 1.82) is 0 Å². The Kier molecular flexibility index (Phi) is 4.59. The van der Waals surface area contributed by atoms with Crippen molar-refractivity contribution in [2.45, 2.75) is 57.2 Å². The first-order chi connectivity index (χ1) is 12.5. The summed E-state index contributed by atoms with van der Waals surface area (Å²) in [6.07, 6.45) is 9.18.